The molecule has 0 saturated heterocycles. The number of hydrogen-bond donors (Lipinski definition) is 1. The molecule has 1 fully saturated rings. The summed E-state index contributed by atoms with van der Waals surface area (Å²) < 4.78 is 8.34. The van der Waals surface area contributed by atoms with E-state index in [2.05, 4.69) is 41.9 Å². The highest BCUT2D eigenvalue weighted by Crippen LogP contribution is 2.26. The molecule has 5 heteroatoms. The van der Waals surface area contributed by atoms with Crippen molar-refractivity contribution in [1.29, 1.82) is 0 Å². The highest BCUT2D eigenvalue weighted by atomic mass is 16.5. The molecular formula is C26H33N3O2. The summed E-state index contributed by atoms with van der Waals surface area (Å²) >= 11 is 0. The van der Waals surface area contributed by atoms with Crippen LogP contribution in [0.25, 0.3) is 11.0 Å². The van der Waals surface area contributed by atoms with Crippen LogP contribution in [0.5, 0.6) is 5.75 Å². The molecule has 164 valence electrons. The van der Waals surface area contributed by atoms with Crippen LogP contribution in [0.1, 0.15) is 63.3 Å². The number of para-hydroxylation sites is 3. The van der Waals surface area contributed by atoms with Gasteiger partial charge in [0, 0.05) is 5.92 Å². The lowest BCUT2D eigenvalue weighted by molar-refractivity contribution is -0.126. The van der Waals surface area contributed by atoms with Gasteiger partial charge in [-0.05, 0) is 42.5 Å². The Bertz CT molecular complexity index is 1020. The van der Waals surface area contributed by atoms with Crippen molar-refractivity contribution in [3.05, 3.63) is 59.9 Å². The van der Waals surface area contributed by atoms with Crippen LogP contribution in [0.15, 0.2) is 48.5 Å². The Hall–Kier alpha value is -2.82. The van der Waals surface area contributed by atoms with Crippen LogP contribution in [0.3, 0.4) is 0 Å². The van der Waals surface area contributed by atoms with E-state index in [9.17, 15) is 4.79 Å². The molecule has 0 atom stereocenters. The monoisotopic (exact) mass is 419 g/mol. The van der Waals surface area contributed by atoms with Gasteiger partial charge in [-0.2, -0.15) is 0 Å². The lowest BCUT2D eigenvalue weighted by atomic mass is 9.89. The molecule has 2 aromatic carbocycles. The van der Waals surface area contributed by atoms with E-state index in [4.69, 9.17) is 9.72 Å². The summed E-state index contributed by atoms with van der Waals surface area (Å²) in [7, 11) is 0. The summed E-state index contributed by atoms with van der Waals surface area (Å²) in [4.78, 5) is 17.4. The first kappa shape index (κ1) is 21.4. The summed E-state index contributed by atoms with van der Waals surface area (Å²) in [6, 6.07) is 16.4. The van der Waals surface area contributed by atoms with Gasteiger partial charge in [0.25, 0.3) is 0 Å². The average Bonchev–Trinajstić information content (AvgIpc) is 3.16. The number of nitrogens with one attached hydrogen (secondary N) is 1. The van der Waals surface area contributed by atoms with Crippen LogP contribution in [0.4, 0.5) is 0 Å². The molecule has 1 aromatic heterocycles. The minimum Gasteiger partial charge on any atom is -0.491 e. The fraction of sp³-hybridized carbons (Fsp3) is 0.462. The molecule has 0 radical (unpaired) electrons. The van der Waals surface area contributed by atoms with Crippen LogP contribution in [0, 0.1) is 5.92 Å². The summed E-state index contributed by atoms with van der Waals surface area (Å²) in [6.07, 6.45) is 5.58. The second-order valence-corrected chi connectivity index (χ2v) is 8.76. The predicted molar refractivity (Wildman–Crippen MR) is 124 cm³/mol. The molecule has 4 rings (SSSR count). The lowest BCUT2D eigenvalue weighted by Gasteiger charge is -2.20. The molecule has 5 nitrogen and oxygen atoms in total. The first-order valence-corrected chi connectivity index (χ1v) is 11.6. The number of carbonyl (C=O) groups is 1. The topological polar surface area (TPSA) is 56.1 Å². The number of fused-ring (bicyclic) bond motifs is 1. The number of imidazole rings is 1. The van der Waals surface area contributed by atoms with Crippen LogP contribution < -0.4 is 10.1 Å². The normalized spacial score (nSPS) is 14.8. The summed E-state index contributed by atoms with van der Waals surface area (Å²) in [5.74, 6) is 2.55. The van der Waals surface area contributed by atoms with Crippen LogP contribution in [-0.2, 0) is 17.9 Å². The zero-order valence-corrected chi connectivity index (χ0v) is 18.6. The van der Waals surface area contributed by atoms with Crippen molar-refractivity contribution < 1.29 is 9.53 Å². The number of benzene rings is 2. The Morgan fingerprint density at radius 2 is 1.84 bits per heavy atom. The molecule has 0 bridgehead atoms. The lowest BCUT2D eigenvalue weighted by Crippen LogP contribution is -2.32. The number of hydrogen-bond acceptors (Lipinski definition) is 3. The first-order chi connectivity index (χ1) is 15.1. The van der Waals surface area contributed by atoms with Gasteiger partial charge in [-0.25, -0.2) is 4.98 Å². The number of carbonyl (C=O) groups excluding carboxylic acids is 1. The second-order valence-electron chi connectivity index (χ2n) is 8.76. The Morgan fingerprint density at radius 3 is 2.65 bits per heavy atom. The number of amides is 1. The third-order valence-corrected chi connectivity index (χ3v) is 6.24. The van der Waals surface area contributed by atoms with E-state index in [0.717, 1.165) is 48.3 Å². The van der Waals surface area contributed by atoms with Gasteiger partial charge in [0.2, 0.25) is 5.91 Å². The van der Waals surface area contributed by atoms with Gasteiger partial charge in [-0.15, -0.1) is 0 Å². The third kappa shape index (κ3) is 5.09. The van der Waals surface area contributed by atoms with Gasteiger partial charge in [0.1, 0.15) is 18.2 Å². The Kier molecular flexibility index (Phi) is 6.90. The molecule has 31 heavy (non-hydrogen) atoms. The number of ether oxygens (including phenoxy) is 1. The standard InChI is InChI=1S/C26H33N3O2/c1-19(2)21-12-6-9-15-24(21)31-17-16-29-23-14-8-7-13-22(23)28-25(29)18-27-26(30)20-10-4-3-5-11-20/h6-9,12-15,19-20H,3-5,10-11,16-18H2,1-2H3,(H,27,30). The van der Waals surface area contributed by atoms with Gasteiger partial charge in [-0.3, -0.25) is 4.79 Å². The SMILES string of the molecule is CC(C)c1ccccc1OCCn1c(CNC(=O)C2CCCCC2)nc2ccccc21. The smallest absolute Gasteiger partial charge is 0.223 e. The van der Waals surface area contributed by atoms with Crippen molar-refractivity contribution in [2.24, 2.45) is 5.92 Å². The Morgan fingerprint density at radius 1 is 1.10 bits per heavy atom. The predicted octanol–water partition coefficient (Wildman–Crippen LogP) is 5.44. The van der Waals surface area contributed by atoms with Crippen molar-refractivity contribution in [1.82, 2.24) is 14.9 Å². The number of nitrogens with zero attached hydrogens (tertiary/aromatic N) is 2. The zero-order valence-electron chi connectivity index (χ0n) is 18.6. The molecule has 0 aliphatic heterocycles. The Labute approximate surface area is 184 Å². The van der Waals surface area contributed by atoms with E-state index < -0.39 is 0 Å². The average molecular weight is 420 g/mol. The first-order valence-electron chi connectivity index (χ1n) is 11.6. The number of rotatable bonds is 8. The molecular weight excluding hydrogens is 386 g/mol. The van der Waals surface area contributed by atoms with E-state index in [1.54, 1.807) is 0 Å². The van der Waals surface area contributed by atoms with Crippen molar-refractivity contribution in [3.8, 4) is 5.75 Å². The maximum Gasteiger partial charge on any atom is 0.223 e. The second kappa shape index (κ2) is 9.99. The van der Waals surface area contributed by atoms with Crippen molar-refractivity contribution in [2.75, 3.05) is 6.61 Å². The quantitative estimate of drug-likeness (QED) is 0.529. The Balaban J connectivity index is 1.46. The molecule has 1 aliphatic rings. The summed E-state index contributed by atoms with van der Waals surface area (Å²) in [5, 5.41) is 3.14. The molecule has 1 saturated carbocycles. The van der Waals surface area contributed by atoms with E-state index in [0.29, 0.717) is 25.6 Å². The van der Waals surface area contributed by atoms with Crippen molar-refractivity contribution in [2.45, 2.75) is 65.0 Å². The number of aromatic nitrogens is 2. The van der Waals surface area contributed by atoms with Crippen LogP contribution in [-0.4, -0.2) is 22.1 Å². The van der Waals surface area contributed by atoms with Gasteiger partial charge in [0.05, 0.1) is 24.1 Å². The van der Waals surface area contributed by atoms with Gasteiger partial charge < -0.3 is 14.6 Å². The van der Waals surface area contributed by atoms with E-state index >= 15 is 0 Å². The highest BCUT2D eigenvalue weighted by Gasteiger charge is 2.21. The van der Waals surface area contributed by atoms with Gasteiger partial charge in [-0.1, -0.05) is 63.4 Å². The summed E-state index contributed by atoms with van der Waals surface area (Å²) in [6.45, 7) is 6.04. The van der Waals surface area contributed by atoms with E-state index in [1.165, 1.54) is 12.0 Å². The minimum absolute atomic E-state index is 0.155. The highest BCUT2D eigenvalue weighted by molar-refractivity contribution is 5.79. The largest absolute Gasteiger partial charge is 0.491 e. The van der Waals surface area contributed by atoms with Crippen molar-refractivity contribution >= 4 is 16.9 Å². The van der Waals surface area contributed by atoms with Crippen LogP contribution >= 0.6 is 0 Å². The third-order valence-electron chi connectivity index (χ3n) is 6.24. The summed E-state index contributed by atoms with van der Waals surface area (Å²) in [5.41, 5.74) is 3.25. The molecule has 1 N–H and O–H groups in total. The van der Waals surface area contributed by atoms with Crippen molar-refractivity contribution in [3.63, 3.8) is 0 Å². The molecule has 0 unspecified atom stereocenters. The van der Waals surface area contributed by atoms with Gasteiger partial charge in [0.15, 0.2) is 0 Å². The van der Waals surface area contributed by atoms with E-state index in [1.807, 2.05) is 30.3 Å². The zero-order chi connectivity index (χ0) is 21.6. The fourth-order valence-electron chi connectivity index (χ4n) is 4.52. The van der Waals surface area contributed by atoms with E-state index in [-0.39, 0.29) is 11.8 Å². The van der Waals surface area contributed by atoms with Gasteiger partial charge >= 0.3 is 0 Å². The van der Waals surface area contributed by atoms with Crippen LogP contribution in [0.2, 0.25) is 0 Å². The molecule has 1 aliphatic carbocycles. The fourth-order valence-corrected chi connectivity index (χ4v) is 4.52. The molecule has 1 amide bonds. The molecule has 1 heterocycles. The molecule has 0 spiro atoms. The minimum atomic E-state index is 0.155. The molecule has 3 aromatic rings. The maximum absolute atomic E-state index is 12.6. The maximum atomic E-state index is 12.6.